The highest BCUT2D eigenvalue weighted by molar-refractivity contribution is 7.91. The van der Waals surface area contributed by atoms with Crippen molar-refractivity contribution in [2.24, 2.45) is 5.92 Å². The van der Waals surface area contributed by atoms with E-state index < -0.39 is 9.84 Å². The molecule has 0 saturated carbocycles. The topological polar surface area (TPSA) is 66.5 Å². The summed E-state index contributed by atoms with van der Waals surface area (Å²) >= 11 is 0. The van der Waals surface area contributed by atoms with Gasteiger partial charge in [-0.3, -0.25) is 9.69 Å². The standard InChI is InChI=1S/C24H30N2O3S/c1-26(16-19-7-3-2-4-8-19)24(14-21-9-5-6-10-22(21)15-24)18-25-23(27)13-20-11-12-30(28,29)17-20/h2-10,20H,11-18H2,1H3,(H,25,27)/t20-/m0/s1. The fourth-order valence-corrected chi connectivity index (χ4v) is 6.72. The average Bonchev–Trinajstić information content (AvgIpc) is 3.27. The molecule has 0 bridgehead atoms. The number of sulfone groups is 1. The van der Waals surface area contributed by atoms with E-state index in [0.717, 1.165) is 19.4 Å². The van der Waals surface area contributed by atoms with Crippen molar-refractivity contribution in [1.82, 2.24) is 10.2 Å². The molecule has 1 aliphatic carbocycles. The zero-order valence-corrected chi connectivity index (χ0v) is 18.3. The molecule has 1 fully saturated rings. The van der Waals surface area contributed by atoms with E-state index in [0.29, 0.717) is 19.4 Å². The third kappa shape index (κ3) is 4.76. The number of nitrogens with one attached hydrogen (secondary N) is 1. The molecule has 30 heavy (non-hydrogen) atoms. The highest BCUT2D eigenvalue weighted by Gasteiger charge is 2.41. The second-order valence-electron chi connectivity index (χ2n) is 8.94. The monoisotopic (exact) mass is 426 g/mol. The first kappa shape index (κ1) is 21.1. The molecule has 1 aliphatic heterocycles. The first-order valence-electron chi connectivity index (χ1n) is 10.6. The Kier molecular flexibility index (Phi) is 5.98. The highest BCUT2D eigenvalue weighted by atomic mass is 32.2. The van der Waals surface area contributed by atoms with Crippen molar-refractivity contribution in [1.29, 1.82) is 0 Å². The summed E-state index contributed by atoms with van der Waals surface area (Å²) < 4.78 is 23.4. The van der Waals surface area contributed by atoms with Gasteiger partial charge < -0.3 is 5.32 Å². The van der Waals surface area contributed by atoms with Gasteiger partial charge in [-0.2, -0.15) is 0 Å². The number of nitrogens with zero attached hydrogens (tertiary/aromatic N) is 1. The van der Waals surface area contributed by atoms with E-state index in [-0.39, 0.29) is 28.9 Å². The van der Waals surface area contributed by atoms with E-state index in [9.17, 15) is 13.2 Å². The minimum atomic E-state index is -2.96. The van der Waals surface area contributed by atoms with Crippen molar-refractivity contribution >= 4 is 15.7 Å². The zero-order valence-electron chi connectivity index (χ0n) is 17.5. The van der Waals surface area contributed by atoms with Crippen LogP contribution in [0.1, 0.15) is 29.5 Å². The van der Waals surface area contributed by atoms with Crippen LogP contribution in [0, 0.1) is 5.92 Å². The lowest BCUT2D eigenvalue weighted by molar-refractivity contribution is -0.122. The molecule has 6 heteroatoms. The number of benzene rings is 2. The van der Waals surface area contributed by atoms with Gasteiger partial charge in [-0.25, -0.2) is 8.42 Å². The first-order chi connectivity index (χ1) is 14.4. The van der Waals surface area contributed by atoms with E-state index in [1.807, 2.05) is 6.07 Å². The second kappa shape index (κ2) is 8.52. The molecule has 1 atom stereocenters. The summed E-state index contributed by atoms with van der Waals surface area (Å²) in [6.45, 7) is 1.37. The third-order valence-corrected chi connectivity index (χ3v) is 8.48. The quantitative estimate of drug-likeness (QED) is 0.739. The van der Waals surface area contributed by atoms with Gasteiger partial charge in [0.15, 0.2) is 9.84 Å². The van der Waals surface area contributed by atoms with Crippen LogP contribution >= 0.6 is 0 Å². The van der Waals surface area contributed by atoms with Crippen molar-refractivity contribution in [2.75, 3.05) is 25.1 Å². The van der Waals surface area contributed by atoms with Crippen LogP contribution in [0.25, 0.3) is 0 Å². The van der Waals surface area contributed by atoms with Crippen LogP contribution in [0.5, 0.6) is 0 Å². The Balaban J connectivity index is 1.45. The third-order valence-electron chi connectivity index (χ3n) is 6.65. The molecule has 2 aromatic carbocycles. The number of hydrogen-bond donors (Lipinski definition) is 1. The molecule has 1 amide bonds. The largest absolute Gasteiger partial charge is 0.354 e. The van der Waals surface area contributed by atoms with E-state index in [2.05, 4.69) is 65.8 Å². The SMILES string of the molecule is CN(Cc1ccccc1)C1(CNC(=O)C[C@@H]2CCS(=O)(=O)C2)Cc2ccccc2C1. The van der Waals surface area contributed by atoms with E-state index in [1.165, 1.54) is 16.7 Å². The smallest absolute Gasteiger partial charge is 0.220 e. The Morgan fingerprint density at radius 2 is 1.70 bits per heavy atom. The van der Waals surface area contributed by atoms with Gasteiger partial charge in [-0.05, 0) is 48.9 Å². The predicted octanol–water partition coefficient (Wildman–Crippen LogP) is 2.60. The normalized spacial score (nSPS) is 21.5. The summed E-state index contributed by atoms with van der Waals surface area (Å²) in [6.07, 6.45) is 2.68. The number of carbonyl (C=O) groups excluding carboxylic acids is 1. The average molecular weight is 427 g/mol. The van der Waals surface area contributed by atoms with E-state index in [1.54, 1.807) is 0 Å². The lowest BCUT2D eigenvalue weighted by atomic mass is 9.92. The van der Waals surface area contributed by atoms with Gasteiger partial charge in [0, 0.05) is 25.0 Å². The van der Waals surface area contributed by atoms with Crippen molar-refractivity contribution in [3.63, 3.8) is 0 Å². The van der Waals surface area contributed by atoms with Crippen molar-refractivity contribution in [3.05, 3.63) is 71.3 Å². The Morgan fingerprint density at radius 1 is 1.07 bits per heavy atom. The molecule has 1 N–H and O–H groups in total. The number of rotatable bonds is 7. The first-order valence-corrected chi connectivity index (χ1v) is 12.5. The summed E-state index contributed by atoms with van der Waals surface area (Å²) in [6, 6.07) is 18.9. The summed E-state index contributed by atoms with van der Waals surface area (Å²) in [5.74, 6) is 0.267. The van der Waals surface area contributed by atoms with Crippen LogP contribution in [0.3, 0.4) is 0 Å². The van der Waals surface area contributed by atoms with Crippen LogP contribution in [0.15, 0.2) is 54.6 Å². The van der Waals surface area contributed by atoms with Crippen molar-refractivity contribution in [3.8, 4) is 0 Å². The Labute approximate surface area is 179 Å². The van der Waals surface area contributed by atoms with Crippen LogP contribution in [0.4, 0.5) is 0 Å². The molecular formula is C24H30N2O3S. The van der Waals surface area contributed by atoms with Crippen LogP contribution in [0.2, 0.25) is 0 Å². The maximum Gasteiger partial charge on any atom is 0.220 e. The lowest BCUT2D eigenvalue weighted by Crippen LogP contribution is -2.55. The molecule has 0 spiro atoms. The number of carbonyl (C=O) groups is 1. The molecule has 0 aromatic heterocycles. The number of likely N-dealkylation sites (N-methyl/N-ethyl adjacent to an activating group) is 1. The molecular weight excluding hydrogens is 396 g/mol. The van der Waals surface area contributed by atoms with Crippen LogP contribution in [-0.2, 0) is 34.0 Å². The molecule has 0 unspecified atom stereocenters. The maximum absolute atomic E-state index is 12.6. The fraction of sp³-hybridized carbons (Fsp3) is 0.458. The van der Waals surface area contributed by atoms with Crippen molar-refractivity contribution < 1.29 is 13.2 Å². The van der Waals surface area contributed by atoms with Gasteiger partial charge >= 0.3 is 0 Å². The summed E-state index contributed by atoms with van der Waals surface area (Å²) in [5.41, 5.74) is 3.75. The van der Waals surface area contributed by atoms with E-state index in [4.69, 9.17) is 0 Å². The van der Waals surface area contributed by atoms with Gasteiger partial charge in [-0.1, -0.05) is 54.6 Å². The minimum absolute atomic E-state index is 0.0412. The molecule has 2 aliphatic rings. The molecule has 4 rings (SSSR count). The van der Waals surface area contributed by atoms with Gasteiger partial charge in [0.05, 0.1) is 11.5 Å². The van der Waals surface area contributed by atoms with E-state index >= 15 is 0 Å². The zero-order chi connectivity index (χ0) is 21.2. The molecule has 0 radical (unpaired) electrons. The number of amides is 1. The molecule has 1 heterocycles. The Hall–Kier alpha value is -2.18. The van der Waals surface area contributed by atoms with Crippen LogP contribution < -0.4 is 5.32 Å². The van der Waals surface area contributed by atoms with Gasteiger partial charge in [0.25, 0.3) is 0 Å². The van der Waals surface area contributed by atoms with Gasteiger partial charge in [0.2, 0.25) is 5.91 Å². The second-order valence-corrected chi connectivity index (χ2v) is 11.2. The van der Waals surface area contributed by atoms with Crippen molar-refractivity contribution in [2.45, 2.75) is 37.8 Å². The highest BCUT2D eigenvalue weighted by Crippen LogP contribution is 2.34. The number of fused-ring (bicyclic) bond motifs is 1. The molecule has 1 saturated heterocycles. The predicted molar refractivity (Wildman–Crippen MR) is 119 cm³/mol. The maximum atomic E-state index is 12.6. The Bertz CT molecular complexity index is 979. The minimum Gasteiger partial charge on any atom is -0.354 e. The summed E-state index contributed by atoms with van der Waals surface area (Å²) in [4.78, 5) is 15.0. The fourth-order valence-electron chi connectivity index (χ4n) is 4.86. The van der Waals surface area contributed by atoms with Gasteiger partial charge in [0.1, 0.15) is 0 Å². The molecule has 2 aromatic rings. The molecule has 160 valence electrons. The Morgan fingerprint density at radius 3 is 2.30 bits per heavy atom. The summed E-state index contributed by atoms with van der Waals surface area (Å²) in [7, 11) is -0.823. The van der Waals surface area contributed by atoms with Gasteiger partial charge in [-0.15, -0.1) is 0 Å². The summed E-state index contributed by atoms with van der Waals surface area (Å²) in [5, 5.41) is 3.15. The van der Waals surface area contributed by atoms with Crippen LogP contribution in [-0.4, -0.2) is 49.9 Å². The number of hydrogen-bond acceptors (Lipinski definition) is 4. The molecule has 5 nitrogen and oxygen atoms in total. The lowest BCUT2D eigenvalue weighted by Gasteiger charge is -2.39.